The van der Waals surface area contributed by atoms with Crippen molar-refractivity contribution in [2.75, 3.05) is 13.7 Å². The van der Waals surface area contributed by atoms with E-state index in [9.17, 15) is 85.2 Å². The number of nitro benzene ring substituents is 1. The lowest BCUT2D eigenvalue weighted by molar-refractivity contribution is -0.384. The first kappa shape index (κ1) is 75.5. The number of aliphatic hydroxyl groups is 6. The maximum Gasteiger partial charge on any atom is 0.410 e. The number of phenolic OH excluding ortho intramolecular Hbond substituents is 3. The highest BCUT2D eigenvalue weighted by Gasteiger charge is 2.47. The third-order valence-electron chi connectivity index (χ3n) is 17.3. The largest absolute Gasteiger partial charge is 0.508 e. The summed E-state index contributed by atoms with van der Waals surface area (Å²) in [6, 6.07) is 2.69. The Balaban J connectivity index is 1.16. The van der Waals surface area contributed by atoms with Crippen LogP contribution in [-0.2, 0) is 54.4 Å². The second-order valence-corrected chi connectivity index (χ2v) is 25.8. The molecule has 6 aliphatic heterocycles. The predicted octanol–water partition coefficient (Wildman–Crippen LogP) is 1.83. The predicted molar refractivity (Wildman–Crippen MR) is 355 cm³/mol. The molecule has 14 atom stereocenters. The molecule has 550 valence electrons. The Kier molecular flexibility index (Phi) is 22.7. The van der Waals surface area contributed by atoms with E-state index in [4.69, 9.17) is 52.6 Å². The molecule has 8 amide bonds. The van der Waals surface area contributed by atoms with Crippen molar-refractivity contribution in [1.82, 2.24) is 36.8 Å². The van der Waals surface area contributed by atoms with Gasteiger partial charge in [0, 0.05) is 41.9 Å². The van der Waals surface area contributed by atoms with E-state index in [0.29, 0.717) is 5.56 Å². The van der Waals surface area contributed by atoms with Crippen LogP contribution in [0.2, 0.25) is 10.0 Å². The van der Waals surface area contributed by atoms with Gasteiger partial charge in [-0.15, -0.1) is 0 Å². The van der Waals surface area contributed by atoms with E-state index in [-0.39, 0.29) is 23.2 Å². The number of phenols is 3. The van der Waals surface area contributed by atoms with Crippen molar-refractivity contribution >= 4 is 82.3 Å². The van der Waals surface area contributed by atoms with Gasteiger partial charge in [0.2, 0.25) is 53.4 Å². The third kappa shape index (κ3) is 16.2. The lowest BCUT2D eigenvalue weighted by Gasteiger charge is -2.39. The van der Waals surface area contributed by atoms with Crippen molar-refractivity contribution < 1.29 is 123 Å². The van der Waals surface area contributed by atoms with E-state index in [1.54, 1.807) is 13.8 Å². The van der Waals surface area contributed by atoms with Gasteiger partial charge in [0.1, 0.15) is 108 Å². The highest BCUT2D eigenvalue weighted by molar-refractivity contribution is 6.32. The Morgan fingerprint density at radius 1 is 0.683 bits per heavy atom. The normalized spacial score (nSPS) is 24.3. The summed E-state index contributed by atoms with van der Waals surface area (Å²) in [6.07, 6.45) is -16.9. The summed E-state index contributed by atoms with van der Waals surface area (Å²) in [7, 11) is 1.18. The average molecular weight is 1490 g/mol. The number of primary amides is 1. The number of carbonyl (C=O) groups excluding carboxylic acids is 8. The first-order valence-electron chi connectivity index (χ1n) is 31.5. The maximum absolute atomic E-state index is 15.9. The second-order valence-electron chi connectivity index (χ2n) is 24.9. The molecule has 1 fully saturated rings. The average Bonchev–Trinajstić information content (AvgIpc) is 0.770. The molecule has 37 heteroatoms. The summed E-state index contributed by atoms with van der Waals surface area (Å²) < 4.78 is 30.4. The molecule has 6 aliphatic rings. The van der Waals surface area contributed by atoms with Crippen LogP contribution in [0.25, 0.3) is 11.1 Å². The Morgan fingerprint density at radius 2 is 1.28 bits per heavy atom. The lowest BCUT2D eigenvalue weighted by Crippen LogP contribution is -2.60. The van der Waals surface area contributed by atoms with Gasteiger partial charge in [-0.25, -0.2) is 9.59 Å². The number of likely N-dealkylation sites (N-methyl/N-ethyl adjacent to an activating group) is 1. The number of nitrogens with two attached hydrogens (primary N) is 1. The van der Waals surface area contributed by atoms with Gasteiger partial charge < -0.3 is 112 Å². The van der Waals surface area contributed by atoms with Crippen molar-refractivity contribution in [3.8, 4) is 57.1 Å². The van der Waals surface area contributed by atoms with Gasteiger partial charge >= 0.3 is 12.1 Å². The van der Waals surface area contributed by atoms with E-state index < -0.39 is 253 Å². The first-order valence-corrected chi connectivity index (χ1v) is 32.3. The standard InChI is InChI=1S/C67H67Cl2N9O26/c1-25(2)14-38(77(3)67(97)100-24-26-4-9-31(10-5-26)78(98)99)60(90)75-51-53(84)28-7-12-41(35(68)16-28)101-43-18-30-19-44(58(43)104-66-57(88)56(87)55(86)45(23-79)103-66)102-42-13-8-29(17-36(42)69)54(85)52-64(94)74-50(65(95)96)34-20-32(80)21-40(82)47(34)33-15-27(6-11-39(33)81)48(61(91)76-52)73-62(92)49(30)72-59(89)37(22-46(70)83)71-63(51)93/h4-13,15-21,25,37-38,45,48-57,66,79-82,84-88H,14,22-24H2,1-3H3,(H2,70,83)(H,71,93)(H,72,89)(H,73,92)(H,74,94)(H,75,90)(H,76,91)(H,95,96)/t37-,38+,45+,48+,49+,50-,51+,52-,53+,54+,55+,56-,57+,66-/m0/s1. The zero-order valence-corrected chi connectivity index (χ0v) is 56.0. The van der Waals surface area contributed by atoms with Gasteiger partial charge in [-0.2, -0.15) is 0 Å². The molecule has 104 heavy (non-hydrogen) atoms. The SMILES string of the molecule is CC(C)C[C@H](C(=O)N[C@H]1C(=O)N[C@@H](CC(N)=O)C(=O)N[C@H]2C(=O)N[C@H]3C(=O)N[C@H](C(=O)N[C@H](C(=O)O)c4cc(O)cc(O)c4-c4cc3ccc4O)[C@H](O)c3ccc(c(Cl)c3)Oc3cc2cc(c3O[C@@H]2O[C@H](CO)[C@@H](O)[C@H](O)[C@H]2O)Oc2ccc(cc2Cl)[C@H]1O)N(C)C(=O)OCc1ccc([N+](=O)[O-])cc1. The molecule has 12 rings (SSSR count). The van der Waals surface area contributed by atoms with Gasteiger partial charge in [-0.05, 0) is 107 Å². The molecular weight excluding hydrogens is 1420 g/mol. The Morgan fingerprint density at radius 3 is 1.87 bits per heavy atom. The number of hydrogen-bond donors (Lipinski definition) is 17. The highest BCUT2D eigenvalue weighted by Crippen LogP contribution is 2.49. The van der Waals surface area contributed by atoms with Crippen molar-refractivity contribution in [2.45, 2.75) is 119 Å². The molecule has 0 spiro atoms. The summed E-state index contributed by atoms with van der Waals surface area (Å²) in [6.45, 7) is 1.93. The molecule has 0 saturated carbocycles. The van der Waals surface area contributed by atoms with E-state index in [1.165, 1.54) is 31.3 Å². The van der Waals surface area contributed by atoms with Gasteiger partial charge in [-0.3, -0.25) is 48.6 Å². The van der Waals surface area contributed by atoms with Gasteiger partial charge in [0.05, 0.1) is 28.0 Å². The molecule has 0 radical (unpaired) electrons. The number of aromatic hydroxyl groups is 3. The molecule has 35 nitrogen and oxygen atoms in total. The van der Waals surface area contributed by atoms with Crippen LogP contribution in [0.4, 0.5) is 10.5 Å². The number of benzene rings is 6. The van der Waals surface area contributed by atoms with E-state index in [2.05, 4.69) is 31.9 Å². The monoisotopic (exact) mass is 1480 g/mol. The number of nitrogens with one attached hydrogen (secondary N) is 6. The van der Waals surface area contributed by atoms with Crippen LogP contribution in [0.5, 0.6) is 46.0 Å². The van der Waals surface area contributed by atoms with Crippen LogP contribution in [-0.4, -0.2) is 183 Å². The molecule has 11 bridgehead atoms. The fourth-order valence-corrected chi connectivity index (χ4v) is 12.3. The molecule has 0 aromatic heterocycles. The third-order valence-corrected chi connectivity index (χ3v) is 17.9. The van der Waals surface area contributed by atoms with Crippen molar-refractivity contribution in [1.29, 1.82) is 0 Å². The fourth-order valence-electron chi connectivity index (χ4n) is 11.9. The zero-order valence-electron chi connectivity index (χ0n) is 54.5. The number of carbonyl (C=O) groups is 9. The van der Waals surface area contributed by atoms with E-state index in [1.807, 2.05) is 0 Å². The number of carboxylic acids is 1. The molecule has 18 N–H and O–H groups in total. The number of fused-ring (bicyclic) bond motifs is 15. The van der Waals surface area contributed by atoms with Crippen LogP contribution in [0, 0.1) is 16.0 Å². The number of ether oxygens (including phenoxy) is 5. The topological polar surface area (TPSA) is 547 Å². The lowest BCUT2D eigenvalue weighted by atomic mass is 9.89. The number of halogens is 2. The van der Waals surface area contributed by atoms with Gasteiger partial charge in [-0.1, -0.05) is 55.2 Å². The van der Waals surface area contributed by atoms with Crippen LogP contribution >= 0.6 is 23.2 Å². The van der Waals surface area contributed by atoms with Crippen molar-refractivity contribution in [3.63, 3.8) is 0 Å². The zero-order chi connectivity index (χ0) is 75.6. The van der Waals surface area contributed by atoms with Crippen LogP contribution in [0.3, 0.4) is 0 Å². The minimum atomic E-state index is -2.40. The molecule has 6 aromatic carbocycles. The number of nitro groups is 1. The Labute approximate surface area is 597 Å². The fraction of sp³-hybridized carbons (Fsp3) is 0.328. The van der Waals surface area contributed by atoms with Crippen molar-refractivity contribution in [2.24, 2.45) is 11.7 Å². The molecular formula is C67H67Cl2N9O26. The number of aliphatic hydroxyl groups excluding tert-OH is 6. The number of aliphatic carboxylic acids is 1. The number of carboxylic acid groups (broad SMARTS) is 1. The summed E-state index contributed by atoms with van der Waals surface area (Å²) in [5.41, 5.74) is 2.65. The van der Waals surface area contributed by atoms with E-state index >= 15 is 19.2 Å². The molecule has 6 aromatic rings. The number of amides is 8. The Bertz CT molecular complexity index is 4410. The number of hydrogen-bond acceptors (Lipinski definition) is 25. The first-order chi connectivity index (χ1) is 49.2. The molecule has 0 unspecified atom stereocenters. The molecule has 1 saturated heterocycles. The van der Waals surface area contributed by atoms with E-state index in [0.717, 1.165) is 83.8 Å². The minimum absolute atomic E-state index is 0.147. The molecule has 0 aliphatic carbocycles. The quantitative estimate of drug-likeness (QED) is 0.0546. The smallest absolute Gasteiger partial charge is 0.410 e. The second kappa shape index (κ2) is 31.2. The summed E-state index contributed by atoms with van der Waals surface area (Å²) >= 11 is 13.9. The van der Waals surface area contributed by atoms with Gasteiger partial charge in [0.25, 0.3) is 5.69 Å². The summed E-state index contributed by atoms with van der Waals surface area (Å²) in [5.74, 6) is -17.4. The van der Waals surface area contributed by atoms with Crippen molar-refractivity contribution in [3.05, 3.63) is 157 Å². The summed E-state index contributed by atoms with van der Waals surface area (Å²) in [4.78, 5) is 143. The van der Waals surface area contributed by atoms with Crippen LogP contribution < -0.4 is 51.8 Å². The maximum atomic E-state index is 15.9. The molecule has 6 heterocycles. The van der Waals surface area contributed by atoms with Crippen LogP contribution in [0.1, 0.15) is 90.4 Å². The number of nitrogens with zero attached hydrogens (tertiary/aromatic N) is 2. The number of rotatable bonds is 14. The van der Waals surface area contributed by atoms with Crippen LogP contribution in [0.15, 0.2) is 103 Å². The number of non-ortho nitro benzene ring substituents is 1. The van der Waals surface area contributed by atoms with Gasteiger partial charge in [0.15, 0.2) is 17.5 Å². The highest BCUT2D eigenvalue weighted by atomic mass is 35.5. The summed E-state index contributed by atoms with van der Waals surface area (Å²) in [5, 5.41) is 137. The minimum Gasteiger partial charge on any atom is -0.508 e. The Hall–Kier alpha value is -11.1.